The lowest BCUT2D eigenvalue weighted by atomic mass is 10.2. The lowest BCUT2D eigenvalue weighted by Gasteiger charge is -2.36. The van der Waals surface area contributed by atoms with Crippen molar-refractivity contribution in [2.24, 2.45) is 5.73 Å². The molecule has 5 heteroatoms. The molecule has 0 bridgehead atoms. The van der Waals surface area contributed by atoms with Crippen LogP contribution in [0, 0.1) is 0 Å². The van der Waals surface area contributed by atoms with E-state index < -0.39 is 0 Å². The number of hydrogen-bond donors (Lipinski definition) is 1. The highest BCUT2D eigenvalue weighted by atomic mass is 16.5. The van der Waals surface area contributed by atoms with E-state index in [9.17, 15) is 4.79 Å². The van der Waals surface area contributed by atoms with E-state index in [0.717, 1.165) is 6.42 Å². The van der Waals surface area contributed by atoms with Crippen LogP contribution in [0.1, 0.15) is 19.8 Å². The summed E-state index contributed by atoms with van der Waals surface area (Å²) in [5.41, 5.74) is 5.57. The molecule has 0 aromatic heterocycles. The van der Waals surface area contributed by atoms with Crippen molar-refractivity contribution in [3.63, 3.8) is 0 Å². The maximum Gasteiger partial charge on any atom is 0.222 e. The summed E-state index contributed by atoms with van der Waals surface area (Å²) in [6.45, 7) is 4.35. The highest BCUT2D eigenvalue weighted by Gasteiger charge is 2.26. The second-order valence-electron chi connectivity index (χ2n) is 4.20. The summed E-state index contributed by atoms with van der Waals surface area (Å²) in [4.78, 5) is 13.7. The molecule has 0 saturated carbocycles. The summed E-state index contributed by atoms with van der Waals surface area (Å²) in [5.74, 6) is 0.172. The Morgan fingerprint density at radius 2 is 2.31 bits per heavy atom. The van der Waals surface area contributed by atoms with Crippen molar-refractivity contribution in [2.45, 2.75) is 32.0 Å². The highest BCUT2D eigenvalue weighted by molar-refractivity contribution is 5.76. The van der Waals surface area contributed by atoms with Crippen molar-refractivity contribution in [1.82, 2.24) is 4.90 Å². The van der Waals surface area contributed by atoms with Crippen molar-refractivity contribution >= 4 is 5.91 Å². The normalized spacial score (nSPS) is 25.8. The number of nitrogens with zero attached hydrogens (tertiary/aromatic N) is 1. The third kappa shape index (κ3) is 4.08. The van der Waals surface area contributed by atoms with E-state index in [4.69, 9.17) is 15.2 Å². The molecule has 1 rings (SSSR count). The Labute approximate surface area is 96.9 Å². The number of rotatable bonds is 5. The van der Waals surface area contributed by atoms with Crippen LogP contribution in [0.4, 0.5) is 0 Å². The van der Waals surface area contributed by atoms with Crippen molar-refractivity contribution < 1.29 is 14.3 Å². The van der Waals surface area contributed by atoms with E-state index in [0.29, 0.717) is 32.7 Å². The Morgan fingerprint density at radius 3 is 2.94 bits per heavy atom. The van der Waals surface area contributed by atoms with Crippen molar-refractivity contribution in [1.29, 1.82) is 0 Å². The number of nitrogens with two attached hydrogens (primary N) is 1. The van der Waals surface area contributed by atoms with Gasteiger partial charge in [0, 0.05) is 39.8 Å². The topological polar surface area (TPSA) is 64.8 Å². The molecule has 1 amide bonds. The fourth-order valence-electron chi connectivity index (χ4n) is 1.90. The zero-order valence-electron chi connectivity index (χ0n) is 10.1. The fourth-order valence-corrected chi connectivity index (χ4v) is 1.90. The van der Waals surface area contributed by atoms with E-state index in [2.05, 4.69) is 0 Å². The molecule has 1 aliphatic heterocycles. The Bertz CT molecular complexity index is 223. The van der Waals surface area contributed by atoms with Crippen molar-refractivity contribution in [3.8, 4) is 0 Å². The van der Waals surface area contributed by atoms with Gasteiger partial charge in [-0.15, -0.1) is 0 Å². The van der Waals surface area contributed by atoms with Gasteiger partial charge in [0.1, 0.15) is 0 Å². The first-order valence-corrected chi connectivity index (χ1v) is 5.79. The molecular weight excluding hydrogens is 208 g/mol. The van der Waals surface area contributed by atoms with Gasteiger partial charge in [0.25, 0.3) is 0 Å². The van der Waals surface area contributed by atoms with E-state index in [1.165, 1.54) is 0 Å². The molecule has 0 aromatic rings. The van der Waals surface area contributed by atoms with Gasteiger partial charge in [-0.25, -0.2) is 0 Å². The van der Waals surface area contributed by atoms with Crippen LogP contribution in [0.3, 0.4) is 0 Å². The number of hydrogen-bond acceptors (Lipinski definition) is 4. The molecule has 0 aliphatic carbocycles. The summed E-state index contributed by atoms with van der Waals surface area (Å²) < 4.78 is 10.5. The largest absolute Gasteiger partial charge is 0.385 e. The maximum atomic E-state index is 11.9. The van der Waals surface area contributed by atoms with Crippen molar-refractivity contribution in [3.05, 3.63) is 0 Å². The average Bonchev–Trinajstić information content (AvgIpc) is 2.28. The molecule has 1 fully saturated rings. The predicted molar refractivity (Wildman–Crippen MR) is 61.1 cm³/mol. The van der Waals surface area contributed by atoms with E-state index in [1.807, 2.05) is 11.8 Å². The summed E-state index contributed by atoms with van der Waals surface area (Å²) >= 11 is 0. The molecule has 2 atom stereocenters. The monoisotopic (exact) mass is 230 g/mol. The molecular formula is C11H22N2O3. The Hall–Kier alpha value is -0.650. The number of amides is 1. The molecule has 16 heavy (non-hydrogen) atoms. The number of carbonyl (C=O) groups excluding carboxylic acids is 1. The Balaban J connectivity index is 2.36. The van der Waals surface area contributed by atoms with Crippen LogP contribution in [0.15, 0.2) is 0 Å². The van der Waals surface area contributed by atoms with E-state index >= 15 is 0 Å². The minimum absolute atomic E-state index is 0.0184. The summed E-state index contributed by atoms with van der Waals surface area (Å²) in [5, 5.41) is 0. The van der Waals surface area contributed by atoms with Gasteiger partial charge in [-0.1, -0.05) is 0 Å². The molecule has 0 radical (unpaired) electrons. The molecule has 94 valence electrons. The summed E-state index contributed by atoms with van der Waals surface area (Å²) in [7, 11) is 1.64. The Morgan fingerprint density at radius 1 is 1.56 bits per heavy atom. The Kier molecular flexibility index (Phi) is 5.73. The predicted octanol–water partition coefficient (Wildman–Crippen LogP) is -0.0124. The lowest BCUT2D eigenvalue weighted by molar-refractivity contribution is -0.143. The van der Waals surface area contributed by atoms with Crippen LogP contribution in [-0.2, 0) is 14.3 Å². The first kappa shape index (κ1) is 13.4. The molecule has 2 unspecified atom stereocenters. The standard InChI is InChI=1S/C11H22N2O3/c1-9-7-13(8-10(6-12)16-9)11(14)4-3-5-15-2/h9-10H,3-8,12H2,1-2H3. The smallest absolute Gasteiger partial charge is 0.222 e. The summed E-state index contributed by atoms with van der Waals surface area (Å²) in [6, 6.07) is 0. The fraction of sp³-hybridized carbons (Fsp3) is 0.909. The minimum Gasteiger partial charge on any atom is -0.385 e. The molecule has 5 nitrogen and oxygen atoms in total. The molecule has 2 N–H and O–H groups in total. The minimum atomic E-state index is -0.0184. The SMILES string of the molecule is COCCCC(=O)N1CC(C)OC(CN)C1. The summed E-state index contributed by atoms with van der Waals surface area (Å²) in [6.07, 6.45) is 1.37. The van der Waals surface area contributed by atoms with Crippen LogP contribution in [0.2, 0.25) is 0 Å². The van der Waals surface area contributed by atoms with Gasteiger partial charge in [-0.2, -0.15) is 0 Å². The van der Waals surface area contributed by atoms with Crippen LogP contribution in [0.5, 0.6) is 0 Å². The molecule has 1 heterocycles. The van der Waals surface area contributed by atoms with Gasteiger partial charge < -0.3 is 20.1 Å². The van der Waals surface area contributed by atoms with Crippen LogP contribution in [0.25, 0.3) is 0 Å². The van der Waals surface area contributed by atoms with Gasteiger partial charge in [0.15, 0.2) is 0 Å². The quantitative estimate of drug-likeness (QED) is 0.675. The third-order valence-corrected chi connectivity index (χ3v) is 2.68. The highest BCUT2D eigenvalue weighted by Crippen LogP contribution is 2.12. The van der Waals surface area contributed by atoms with Crippen LogP contribution >= 0.6 is 0 Å². The molecule has 0 spiro atoms. The number of ether oxygens (including phenoxy) is 2. The number of carbonyl (C=O) groups is 1. The van der Waals surface area contributed by atoms with Crippen LogP contribution in [-0.4, -0.2) is 56.4 Å². The second-order valence-corrected chi connectivity index (χ2v) is 4.20. The lowest BCUT2D eigenvalue weighted by Crippen LogP contribution is -2.51. The first-order valence-electron chi connectivity index (χ1n) is 5.79. The van der Waals surface area contributed by atoms with Gasteiger partial charge in [-0.05, 0) is 13.3 Å². The van der Waals surface area contributed by atoms with Gasteiger partial charge in [0.2, 0.25) is 5.91 Å². The van der Waals surface area contributed by atoms with E-state index in [1.54, 1.807) is 7.11 Å². The zero-order valence-corrected chi connectivity index (χ0v) is 10.1. The third-order valence-electron chi connectivity index (χ3n) is 2.68. The molecule has 1 aliphatic rings. The second kappa shape index (κ2) is 6.83. The van der Waals surface area contributed by atoms with Gasteiger partial charge in [0.05, 0.1) is 12.2 Å². The molecule has 0 aromatic carbocycles. The number of morpholine rings is 1. The van der Waals surface area contributed by atoms with Crippen LogP contribution < -0.4 is 5.73 Å². The first-order chi connectivity index (χ1) is 7.67. The maximum absolute atomic E-state index is 11.9. The van der Waals surface area contributed by atoms with Gasteiger partial charge in [-0.3, -0.25) is 4.79 Å². The van der Waals surface area contributed by atoms with E-state index in [-0.39, 0.29) is 18.1 Å². The average molecular weight is 230 g/mol. The zero-order chi connectivity index (χ0) is 12.0. The number of methoxy groups -OCH3 is 1. The van der Waals surface area contributed by atoms with Gasteiger partial charge >= 0.3 is 0 Å². The molecule has 1 saturated heterocycles. The van der Waals surface area contributed by atoms with Crippen molar-refractivity contribution in [2.75, 3.05) is 33.4 Å².